The third kappa shape index (κ3) is 4.15. The van der Waals surface area contributed by atoms with E-state index in [1.54, 1.807) is 19.3 Å². The number of aromatic nitrogens is 1. The molecule has 0 fully saturated rings. The fraction of sp³-hybridized carbons (Fsp3) is 0.333. The van der Waals surface area contributed by atoms with E-state index >= 15 is 0 Å². The zero-order valence-electron chi connectivity index (χ0n) is 13.8. The van der Waals surface area contributed by atoms with Crippen molar-refractivity contribution in [3.8, 4) is 5.75 Å². The molecule has 1 heterocycles. The van der Waals surface area contributed by atoms with E-state index in [1.165, 1.54) is 10.5 Å². The van der Waals surface area contributed by atoms with Crippen molar-refractivity contribution in [1.29, 1.82) is 0 Å². The van der Waals surface area contributed by atoms with Gasteiger partial charge in [-0.3, -0.25) is 9.98 Å². The van der Waals surface area contributed by atoms with Crippen LogP contribution in [-0.4, -0.2) is 42.1 Å². The van der Waals surface area contributed by atoms with Gasteiger partial charge in [-0.15, -0.1) is 0 Å². The Kier molecular flexibility index (Phi) is 5.84. The first-order valence-corrected chi connectivity index (χ1v) is 7.67. The van der Waals surface area contributed by atoms with Crippen molar-refractivity contribution in [2.45, 2.75) is 19.6 Å². The molecule has 0 saturated heterocycles. The average Bonchev–Trinajstić information content (AvgIpc) is 2.55. The van der Waals surface area contributed by atoms with Crippen LogP contribution in [0.1, 0.15) is 28.4 Å². The number of aliphatic hydroxyl groups excluding tert-OH is 1. The fourth-order valence-corrected chi connectivity index (χ4v) is 2.48. The first kappa shape index (κ1) is 17.1. The summed E-state index contributed by atoms with van der Waals surface area (Å²) in [7, 11) is 4.20. The Hall–Kier alpha value is -2.24. The van der Waals surface area contributed by atoms with E-state index in [-0.39, 0.29) is 18.4 Å². The Bertz CT molecular complexity index is 669. The van der Waals surface area contributed by atoms with Crippen LogP contribution in [0.5, 0.6) is 5.75 Å². The molecule has 0 amide bonds. The second-order valence-corrected chi connectivity index (χ2v) is 5.82. The van der Waals surface area contributed by atoms with E-state index in [4.69, 9.17) is 0 Å². The minimum Gasteiger partial charge on any atom is -0.505 e. The summed E-state index contributed by atoms with van der Waals surface area (Å²) >= 11 is 0. The Balaban J connectivity index is 2.22. The molecule has 122 valence electrons. The molecular weight excluding hydrogens is 290 g/mol. The summed E-state index contributed by atoms with van der Waals surface area (Å²) in [6.07, 6.45) is 3.21. The summed E-state index contributed by atoms with van der Waals surface area (Å²) < 4.78 is 0. The summed E-state index contributed by atoms with van der Waals surface area (Å²) in [6.45, 7) is 2.14. The van der Waals surface area contributed by atoms with Crippen LogP contribution in [0, 0.1) is 6.92 Å². The van der Waals surface area contributed by atoms with Crippen LogP contribution >= 0.6 is 0 Å². The van der Waals surface area contributed by atoms with Crippen molar-refractivity contribution in [2.24, 2.45) is 4.99 Å². The van der Waals surface area contributed by atoms with E-state index in [0.717, 1.165) is 0 Å². The molecule has 1 aromatic carbocycles. The molecule has 0 aliphatic rings. The normalized spacial score (nSPS) is 12.9. The van der Waals surface area contributed by atoms with Crippen LogP contribution in [0.15, 0.2) is 41.5 Å². The monoisotopic (exact) mass is 314 g/mol. The van der Waals surface area contributed by atoms with E-state index < -0.39 is 0 Å². The maximum absolute atomic E-state index is 10.1. The molecule has 0 radical (unpaired) electrons. The number of quaternary nitrogens is 1. The lowest BCUT2D eigenvalue weighted by atomic mass is 10.1. The van der Waals surface area contributed by atoms with Crippen LogP contribution < -0.4 is 4.90 Å². The number of hydrogen-bond donors (Lipinski definition) is 3. The van der Waals surface area contributed by atoms with Gasteiger partial charge in [0.2, 0.25) is 0 Å². The molecule has 0 aliphatic carbocycles. The van der Waals surface area contributed by atoms with E-state index in [1.807, 2.05) is 18.2 Å². The van der Waals surface area contributed by atoms with E-state index in [2.05, 4.69) is 36.2 Å². The number of aliphatic hydroxyl groups is 1. The number of aliphatic imine (C=N–C) groups is 1. The minimum absolute atomic E-state index is 0.0776. The first-order chi connectivity index (χ1) is 11.0. The maximum Gasteiger partial charge on any atom is 0.145 e. The van der Waals surface area contributed by atoms with Crippen molar-refractivity contribution in [1.82, 2.24) is 4.98 Å². The summed E-state index contributed by atoms with van der Waals surface area (Å²) in [6, 6.07) is 10.5. The van der Waals surface area contributed by atoms with Crippen molar-refractivity contribution < 1.29 is 15.1 Å². The molecule has 2 aromatic rings. The number of benzene rings is 1. The SMILES string of the molecule is Cc1ncc(CO)c(C=NC[C@H](c2ccccc2)[NH+](C)C)c1O. The number of hydrogen-bond acceptors (Lipinski definition) is 4. The van der Waals surface area contributed by atoms with Crippen LogP contribution in [0.25, 0.3) is 0 Å². The second kappa shape index (κ2) is 7.85. The molecule has 23 heavy (non-hydrogen) atoms. The number of nitrogens with zero attached hydrogens (tertiary/aromatic N) is 2. The highest BCUT2D eigenvalue weighted by Gasteiger charge is 2.16. The number of rotatable bonds is 6. The van der Waals surface area contributed by atoms with Gasteiger partial charge in [-0.05, 0) is 6.92 Å². The number of aryl methyl sites for hydroxylation is 1. The molecule has 0 bridgehead atoms. The summed E-state index contributed by atoms with van der Waals surface area (Å²) in [5, 5.41) is 19.5. The number of aromatic hydroxyl groups is 1. The second-order valence-electron chi connectivity index (χ2n) is 5.82. The Labute approximate surface area is 137 Å². The third-order valence-electron chi connectivity index (χ3n) is 3.94. The standard InChI is InChI=1S/C18H23N3O2/c1-13-18(23)16(15(12-22)9-20-13)10-19-11-17(21(2)3)14-7-5-4-6-8-14/h4-10,17,22-23H,11-12H2,1-3H3/p+1/t17-/m1/s1. The van der Waals surface area contributed by atoms with Gasteiger partial charge in [-0.2, -0.15) is 0 Å². The molecule has 0 aliphatic heterocycles. The number of pyridine rings is 1. The van der Waals surface area contributed by atoms with Crippen LogP contribution in [0.4, 0.5) is 0 Å². The lowest BCUT2D eigenvalue weighted by Gasteiger charge is -2.20. The highest BCUT2D eigenvalue weighted by molar-refractivity contribution is 5.85. The first-order valence-electron chi connectivity index (χ1n) is 7.67. The molecule has 0 spiro atoms. The summed E-state index contributed by atoms with van der Waals surface area (Å²) in [4.78, 5) is 9.84. The van der Waals surface area contributed by atoms with Gasteiger partial charge in [-0.25, -0.2) is 0 Å². The molecule has 3 N–H and O–H groups in total. The highest BCUT2D eigenvalue weighted by Crippen LogP contribution is 2.22. The average molecular weight is 314 g/mol. The van der Waals surface area contributed by atoms with Crippen molar-refractivity contribution in [2.75, 3.05) is 20.6 Å². The zero-order valence-corrected chi connectivity index (χ0v) is 13.8. The third-order valence-corrected chi connectivity index (χ3v) is 3.94. The quantitative estimate of drug-likeness (QED) is 0.694. The van der Waals surface area contributed by atoms with Gasteiger partial charge < -0.3 is 15.1 Å². The molecular formula is C18H24N3O2+. The smallest absolute Gasteiger partial charge is 0.145 e. The molecule has 5 nitrogen and oxygen atoms in total. The van der Waals surface area contributed by atoms with Crippen LogP contribution in [-0.2, 0) is 6.61 Å². The Morgan fingerprint density at radius 1 is 1.26 bits per heavy atom. The summed E-state index contributed by atoms with van der Waals surface area (Å²) in [5.41, 5.74) is 2.87. The van der Waals surface area contributed by atoms with Gasteiger partial charge in [0.05, 0.1) is 32.9 Å². The van der Waals surface area contributed by atoms with Gasteiger partial charge in [0.1, 0.15) is 11.8 Å². The van der Waals surface area contributed by atoms with Crippen molar-refractivity contribution in [3.63, 3.8) is 0 Å². The molecule has 2 rings (SSSR count). The predicted octanol–water partition coefficient (Wildman–Crippen LogP) is 0.893. The van der Waals surface area contributed by atoms with Gasteiger partial charge in [-0.1, -0.05) is 30.3 Å². The highest BCUT2D eigenvalue weighted by atomic mass is 16.3. The van der Waals surface area contributed by atoms with Crippen molar-refractivity contribution >= 4 is 6.21 Å². The van der Waals surface area contributed by atoms with Gasteiger partial charge >= 0.3 is 0 Å². The molecule has 1 atom stereocenters. The van der Waals surface area contributed by atoms with Crippen LogP contribution in [0.2, 0.25) is 0 Å². The lowest BCUT2D eigenvalue weighted by Crippen LogP contribution is -3.06. The van der Waals surface area contributed by atoms with Gasteiger partial charge in [0.25, 0.3) is 0 Å². The van der Waals surface area contributed by atoms with Crippen LogP contribution in [0.3, 0.4) is 0 Å². The minimum atomic E-state index is -0.177. The molecule has 5 heteroatoms. The Morgan fingerprint density at radius 3 is 2.57 bits per heavy atom. The Morgan fingerprint density at radius 2 is 1.96 bits per heavy atom. The predicted molar refractivity (Wildman–Crippen MR) is 91.0 cm³/mol. The fourth-order valence-electron chi connectivity index (χ4n) is 2.48. The van der Waals surface area contributed by atoms with E-state index in [9.17, 15) is 10.2 Å². The zero-order chi connectivity index (χ0) is 16.8. The van der Waals surface area contributed by atoms with Gasteiger partial charge in [0.15, 0.2) is 0 Å². The topological polar surface area (TPSA) is 70.2 Å². The maximum atomic E-state index is 10.1. The molecule has 0 unspecified atom stereocenters. The number of likely N-dealkylation sites (N-methyl/N-ethyl adjacent to an activating group) is 1. The summed E-state index contributed by atoms with van der Waals surface area (Å²) in [5.74, 6) is 0.0776. The molecule has 0 saturated carbocycles. The number of nitrogens with one attached hydrogen (secondary N) is 1. The molecule has 1 aromatic heterocycles. The van der Waals surface area contributed by atoms with E-state index in [0.29, 0.717) is 23.4 Å². The largest absolute Gasteiger partial charge is 0.505 e. The lowest BCUT2D eigenvalue weighted by molar-refractivity contribution is -0.890. The van der Waals surface area contributed by atoms with Gasteiger partial charge in [0, 0.05) is 29.1 Å². The van der Waals surface area contributed by atoms with Crippen molar-refractivity contribution in [3.05, 3.63) is 58.9 Å².